The number of non-ortho nitro benzene ring substituents is 1. The average molecular weight is 502 g/mol. The molecule has 3 aliphatic rings. The molecule has 3 aromatic carbocycles. The van der Waals surface area contributed by atoms with Crippen molar-refractivity contribution in [1.29, 1.82) is 0 Å². The van der Waals surface area contributed by atoms with Crippen LogP contribution in [0.1, 0.15) is 11.1 Å². The van der Waals surface area contributed by atoms with Crippen molar-refractivity contribution >= 4 is 34.8 Å². The highest BCUT2D eigenvalue weighted by Gasteiger charge is 2.70. The van der Waals surface area contributed by atoms with Gasteiger partial charge in [0.15, 0.2) is 0 Å². The second kappa shape index (κ2) is 7.93. The van der Waals surface area contributed by atoms with Gasteiger partial charge in [-0.1, -0.05) is 18.2 Å². The Balaban J connectivity index is 1.49. The minimum Gasteiger partial charge on any atom is -0.508 e. The number of hydrogen-bond acceptors (Lipinski definition) is 7. The lowest BCUT2D eigenvalue weighted by atomic mass is 9.76. The normalized spacial score (nSPS) is 25.9. The van der Waals surface area contributed by atoms with Crippen LogP contribution in [0.2, 0.25) is 0 Å². The molecule has 6 rings (SSSR count). The van der Waals surface area contributed by atoms with Gasteiger partial charge in [0, 0.05) is 29.4 Å². The zero-order chi connectivity index (χ0) is 26.1. The van der Waals surface area contributed by atoms with Crippen LogP contribution in [-0.2, 0) is 26.3 Å². The Bertz CT molecular complexity index is 1510. The second-order valence-electron chi connectivity index (χ2n) is 9.37. The number of phenolic OH excluding ortho intramolecular Hbond substituents is 1. The van der Waals surface area contributed by atoms with E-state index in [1.165, 1.54) is 48.5 Å². The molecule has 0 aromatic heterocycles. The molecule has 3 aliphatic heterocycles. The molecule has 0 bridgehead atoms. The zero-order valence-electron chi connectivity index (χ0n) is 19.1. The molecule has 0 aliphatic carbocycles. The Hall–Kier alpha value is -4.64. The number of fused-ring (bicyclic) bond motifs is 4. The zero-order valence-corrected chi connectivity index (χ0v) is 19.1. The maximum Gasteiger partial charge on any atom is 0.271 e. The summed E-state index contributed by atoms with van der Waals surface area (Å²) in [5, 5.41) is 26.9. The predicted molar refractivity (Wildman–Crippen MR) is 128 cm³/mol. The fourth-order valence-corrected chi connectivity index (χ4v) is 5.84. The van der Waals surface area contributed by atoms with Crippen molar-refractivity contribution in [2.75, 3.05) is 10.2 Å². The third-order valence-electron chi connectivity index (χ3n) is 7.37. The van der Waals surface area contributed by atoms with E-state index in [2.05, 4.69) is 10.6 Å². The highest BCUT2D eigenvalue weighted by Crippen LogP contribution is 2.54. The Morgan fingerprint density at radius 2 is 1.78 bits per heavy atom. The summed E-state index contributed by atoms with van der Waals surface area (Å²) in [6, 6.07) is 14.5. The van der Waals surface area contributed by atoms with E-state index in [1.54, 1.807) is 12.1 Å². The van der Waals surface area contributed by atoms with Crippen LogP contribution in [0, 0.1) is 27.8 Å². The van der Waals surface area contributed by atoms with Crippen molar-refractivity contribution in [3.8, 4) is 5.75 Å². The van der Waals surface area contributed by atoms with Crippen molar-refractivity contribution < 1.29 is 28.8 Å². The molecule has 2 fully saturated rings. The van der Waals surface area contributed by atoms with Crippen LogP contribution < -0.4 is 15.5 Å². The molecule has 0 saturated carbocycles. The van der Waals surface area contributed by atoms with Crippen molar-refractivity contribution in [1.82, 2.24) is 5.32 Å². The molecule has 186 valence electrons. The lowest BCUT2D eigenvalue weighted by molar-refractivity contribution is -0.384. The number of rotatable bonds is 4. The molecule has 4 atom stereocenters. The van der Waals surface area contributed by atoms with Gasteiger partial charge in [-0.3, -0.25) is 29.8 Å². The number of amides is 3. The number of nitrogens with one attached hydrogen (secondary N) is 2. The second-order valence-corrected chi connectivity index (χ2v) is 9.37. The van der Waals surface area contributed by atoms with Gasteiger partial charge < -0.3 is 10.4 Å². The smallest absolute Gasteiger partial charge is 0.271 e. The highest BCUT2D eigenvalue weighted by atomic mass is 19.1. The molecular formula is C26H19FN4O6. The summed E-state index contributed by atoms with van der Waals surface area (Å²) in [4.78, 5) is 52.8. The topological polar surface area (TPSA) is 142 Å². The largest absolute Gasteiger partial charge is 0.508 e. The van der Waals surface area contributed by atoms with Gasteiger partial charge in [-0.15, -0.1) is 0 Å². The van der Waals surface area contributed by atoms with Gasteiger partial charge in [0.05, 0.1) is 22.4 Å². The Kier molecular flexibility index (Phi) is 4.89. The quantitative estimate of drug-likeness (QED) is 0.283. The molecule has 2 saturated heterocycles. The van der Waals surface area contributed by atoms with Crippen molar-refractivity contribution in [2.45, 2.75) is 18.0 Å². The van der Waals surface area contributed by atoms with E-state index in [0.29, 0.717) is 5.69 Å². The molecule has 3 aromatic rings. The molecule has 3 N–H and O–H groups in total. The van der Waals surface area contributed by atoms with Crippen LogP contribution in [0.25, 0.3) is 0 Å². The number of carbonyl (C=O) groups excluding carboxylic acids is 3. The van der Waals surface area contributed by atoms with Gasteiger partial charge >= 0.3 is 0 Å². The van der Waals surface area contributed by atoms with Gasteiger partial charge in [-0.25, -0.2) is 9.29 Å². The lowest BCUT2D eigenvalue weighted by Gasteiger charge is -2.29. The summed E-state index contributed by atoms with van der Waals surface area (Å²) in [6.45, 7) is 0. The van der Waals surface area contributed by atoms with Crippen molar-refractivity contribution in [3.05, 3.63) is 93.8 Å². The van der Waals surface area contributed by atoms with Crippen LogP contribution in [-0.4, -0.2) is 33.8 Å². The summed E-state index contributed by atoms with van der Waals surface area (Å²) >= 11 is 0. The maximum absolute atomic E-state index is 14.4. The fourth-order valence-electron chi connectivity index (χ4n) is 5.84. The summed E-state index contributed by atoms with van der Waals surface area (Å²) in [5.74, 6) is -4.68. The lowest BCUT2D eigenvalue weighted by Crippen LogP contribution is -2.53. The van der Waals surface area contributed by atoms with Gasteiger partial charge in [0.25, 0.3) is 5.69 Å². The Morgan fingerprint density at radius 3 is 2.51 bits per heavy atom. The number of nitro groups is 1. The summed E-state index contributed by atoms with van der Waals surface area (Å²) < 4.78 is 14.4. The van der Waals surface area contributed by atoms with Crippen LogP contribution in [0.5, 0.6) is 5.75 Å². The van der Waals surface area contributed by atoms with Crippen molar-refractivity contribution in [2.24, 2.45) is 11.8 Å². The number of benzene rings is 3. The van der Waals surface area contributed by atoms with Gasteiger partial charge in [-0.05, 0) is 48.4 Å². The number of anilines is 2. The first-order valence-corrected chi connectivity index (χ1v) is 11.5. The molecule has 1 spiro atoms. The third-order valence-corrected chi connectivity index (χ3v) is 7.37. The first kappa shape index (κ1) is 22.8. The minimum atomic E-state index is -1.72. The molecule has 0 radical (unpaired) electrons. The standard InChI is InChI=1S/C26H19FN4O6/c27-14-6-9-19-18(11-14)26(25(35)28-19)22-21(20(29-26)10-13-4-7-17(32)8-5-13)23(33)30(24(22)34)15-2-1-3-16(12-15)31(36)37/h1-9,11-12,20-22,29,32H,10H2,(H,28,35)/t20-,21+,22+,26+/m0/s1. The summed E-state index contributed by atoms with van der Waals surface area (Å²) in [5.41, 5.74) is -0.700. The molecule has 37 heavy (non-hydrogen) atoms. The van der Waals surface area contributed by atoms with E-state index >= 15 is 0 Å². The number of phenols is 1. The molecule has 3 amide bonds. The van der Waals surface area contributed by atoms with Gasteiger partial charge in [0.2, 0.25) is 17.7 Å². The monoisotopic (exact) mass is 502 g/mol. The number of halogens is 1. The number of aromatic hydroxyl groups is 1. The van der Waals surface area contributed by atoms with Crippen LogP contribution in [0.15, 0.2) is 66.7 Å². The predicted octanol–water partition coefficient (Wildman–Crippen LogP) is 2.61. The molecule has 0 unspecified atom stereocenters. The Morgan fingerprint density at radius 1 is 1.03 bits per heavy atom. The summed E-state index contributed by atoms with van der Waals surface area (Å²) in [6.07, 6.45) is 0.225. The molecule has 11 heteroatoms. The number of nitrogens with zero attached hydrogens (tertiary/aromatic N) is 2. The van der Waals surface area contributed by atoms with E-state index in [9.17, 15) is 34.0 Å². The third kappa shape index (κ3) is 3.24. The first-order chi connectivity index (χ1) is 17.7. The average Bonchev–Trinajstić information content (AvgIpc) is 3.45. The minimum absolute atomic E-state index is 0.0232. The molecule has 10 nitrogen and oxygen atoms in total. The number of carbonyl (C=O) groups is 3. The van der Waals surface area contributed by atoms with E-state index in [0.717, 1.165) is 16.5 Å². The number of imide groups is 1. The van der Waals surface area contributed by atoms with Crippen LogP contribution in [0.4, 0.5) is 21.5 Å². The van der Waals surface area contributed by atoms with Crippen LogP contribution in [0.3, 0.4) is 0 Å². The number of hydrogen-bond donors (Lipinski definition) is 3. The highest BCUT2D eigenvalue weighted by molar-refractivity contribution is 6.25. The SMILES string of the molecule is O=C1[C@@H]2[C@H](Cc3ccc(O)cc3)N[C@@]3(C(=O)Nc4ccc(F)cc43)[C@H]2C(=O)N1c1cccc([N+](=O)[O-])c1. The van der Waals surface area contributed by atoms with E-state index in [1.807, 2.05) is 0 Å². The van der Waals surface area contributed by atoms with E-state index < -0.39 is 51.9 Å². The first-order valence-electron chi connectivity index (χ1n) is 11.5. The number of nitro benzene ring substituents is 1. The van der Waals surface area contributed by atoms with Gasteiger partial charge in [0.1, 0.15) is 17.1 Å². The summed E-state index contributed by atoms with van der Waals surface area (Å²) in [7, 11) is 0. The molecule has 3 heterocycles. The van der Waals surface area contributed by atoms with E-state index in [4.69, 9.17) is 0 Å². The van der Waals surface area contributed by atoms with E-state index in [-0.39, 0.29) is 29.1 Å². The Labute approximate surface area is 208 Å². The van der Waals surface area contributed by atoms with Gasteiger partial charge in [-0.2, -0.15) is 0 Å². The maximum atomic E-state index is 14.4. The fraction of sp³-hybridized carbons (Fsp3) is 0.192. The molecular weight excluding hydrogens is 483 g/mol. The van der Waals surface area contributed by atoms with Crippen LogP contribution >= 0.6 is 0 Å². The van der Waals surface area contributed by atoms with Crippen molar-refractivity contribution in [3.63, 3.8) is 0 Å².